The summed E-state index contributed by atoms with van der Waals surface area (Å²) in [5.74, 6) is 0. The first-order valence-corrected chi connectivity index (χ1v) is 7.33. The minimum absolute atomic E-state index is 0.490. The maximum Gasteiger partial charge on any atom is 0.0702 e. The lowest BCUT2D eigenvalue weighted by molar-refractivity contribution is 0.0815. The Labute approximate surface area is 107 Å². The fourth-order valence-electron chi connectivity index (χ4n) is 2.30. The normalized spacial score (nSPS) is 20.3. The lowest BCUT2D eigenvalue weighted by Gasteiger charge is -2.20. The van der Waals surface area contributed by atoms with E-state index in [4.69, 9.17) is 4.74 Å². The zero-order valence-corrected chi connectivity index (χ0v) is 11.7. The maximum absolute atomic E-state index is 5.63. The van der Waals surface area contributed by atoms with Gasteiger partial charge < -0.3 is 15.0 Å². The van der Waals surface area contributed by atoms with Crippen LogP contribution in [0, 0.1) is 0 Å². The number of hydrogen-bond acceptors (Lipinski definition) is 3. The van der Waals surface area contributed by atoms with Crippen LogP contribution in [0.15, 0.2) is 0 Å². The minimum atomic E-state index is 0.490. The van der Waals surface area contributed by atoms with Gasteiger partial charge in [-0.1, -0.05) is 26.2 Å². The van der Waals surface area contributed by atoms with E-state index in [9.17, 15) is 0 Å². The van der Waals surface area contributed by atoms with Crippen molar-refractivity contribution in [2.45, 2.75) is 51.6 Å². The average Bonchev–Trinajstić information content (AvgIpc) is 2.80. The highest BCUT2D eigenvalue weighted by molar-refractivity contribution is 4.69. The lowest BCUT2D eigenvalue weighted by Crippen LogP contribution is -2.34. The Bertz CT molecular complexity index is 170. The van der Waals surface area contributed by atoms with Crippen LogP contribution in [0.5, 0.6) is 0 Å². The molecule has 1 atom stereocenters. The molecule has 0 spiro atoms. The first-order valence-electron chi connectivity index (χ1n) is 7.33. The summed E-state index contributed by atoms with van der Waals surface area (Å²) in [6, 6.07) is 0. The molecule has 1 N–H and O–H groups in total. The molecule has 0 saturated carbocycles. The van der Waals surface area contributed by atoms with Crippen LogP contribution in [0.2, 0.25) is 0 Å². The van der Waals surface area contributed by atoms with Crippen LogP contribution in [-0.2, 0) is 4.74 Å². The molecule has 1 unspecified atom stereocenters. The number of nitrogens with one attached hydrogen (secondary N) is 1. The molecule has 1 rings (SSSR count). The molecule has 17 heavy (non-hydrogen) atoms. The molecule has 1 saturated heterocycles. The molecule has 0 aliphatic carbocycles. The van der Waals surface area contributed by atoms with Gasteiger partial charge in [0.25, 0.3) is 0 Å². The number of hydrogen-bond donors (Lipinski definition) is 1. The predicted octanol–water partition coefficient (Wildman–Crippen LogP) is 2.27. The molecule has 0 aromatic carbocycles. The van der Waals surface area contributed by atoms with Crippen molar-refractivity contribution in [3.8, 4) is 0 Å². The molecule has 3 heteroatoms. The second-order valence-electron chi connectivity index (χ2n) is 5.21. The third-order valence-electron chi connectivity index (χ3n) is 3.42. The Morgan fingerprint density at radius 3 is 2.82 bits per heavy atom. The van der Waals surface area contributed by atoms with E-state index in [0.717, 1.165) is 26.2 Å². The fourth-order valence-corrected chi connectivity index (χ4v) is 2.30. The SMILES string of the molecule is CCCCCCNCCN(C)CC1CCCO1. The Morgan fingerprint density at radius 2 is 2.12 bits per heavy atom. The van der Waals surface area contributed by atoms with Crippen molar-refractivity contribution >= 4 is 0 Å². The summed E-state index contributed by atoms with van der Waals surface area (Å²) in [5.41, 5.74) is 0. The molecule has 1 aliphatic heterocycles. The van der Waals surface area contributed by atoms with Crippen LogP contribution in [-0.4, -0.2) is 50.8 Å². The first-order chi connectivity index (χ1) is 8.33. The van der Waals surface area contributed by atoms with Crippen molar-refractivity contribution in [2.24, 2.45) is 0 Å². The number of ether oxygens (including phenoxy) is 1. The molecule has 102 valence electrons. The first kappa shape index (κ1) is 14.9. The van der Waals surface area contributed by atoms with Gasteiger partial charge in [-0.2, -0.15) is 0 Å². The second-order valence-corrected chi connectivity index (χ2v) is 5.21. The van der Waals surface area contributed by atoms with Crippen LogP contribution in [0.3, 0.4) is 0 Å². The third-order valence-corrected chi connectivity index (χ3v) is 3.42. The van der Waals surface area contributed by atoms with Crippen LogP contribution in [0.1, 0.15) is 45.4 Å². The summed E-state index contributed by atoms with van der Waals surface area (Å²) in [6.07, 6.45) is 8.37. The second kappa shape index (κ2) is 9.86. The van der Waals surface area contributed by atoms with Gasteiger partial charge >= 0.3 is 0 Å². The van der Waals surface area contributed by atoms with Crippen molar-refractivity contribution in [3.63, 3.8) is 0 Å². The molecule has 0 aromatic heterocycles. The van der Waals surface area contributed by atoms with Crippen molar-refractivity contribution in [3.05, 3.63) is 0 Å². The van der Waals surface area contributed by atoms with E-state index in [1.165, 1.54) is 45.1 Å². The maximum atomic E-state index is 5.63. The largest absolute Gasteiger partial charge is 0.377 e. The molecule has 1 heterocycles. The van der Waals surface area contributed by atoms with Crippen molar-refractivity contribution in [1.29, 1.82) is 0 Å². The van der Waals surface area contributed by atoms with E-state index >= 15 is 0 Å². The molecule has 1 fully saturated rings. The van der Waals surface area contributed by atoms with E-state index in [1.807, 2.05) is 0 Å². The zero-order valence-electron chi connectivity index (χ0n) is 11.7. The lowest BCUT2D eigenvalue weighted by atomic mass is 10.2. The van der Waals surface area contributed by atoms with Gasteiger partial charge in [0.15, 0.2) is 0 Å². The number of nitrogens with zero attached hydrogens (tertiary/aromatic N) is 1. The Hall–Kier alpha value is -0.120. The standard InChI is InChI=1S/C14H30N2O/c1-3-4-5-6-9-15-10-11-16(2)13-14-8-7-12-17-14/h14-15H,3-13H2,1-2H3. The summed E-state index contributed by atoms with van der Waals surface area (Å²) in [7, 11) is 2.19. The molecule has 3 nitrogen and oxygen atoms in total. The predicted molar refractivity (Wildman–Crippen MR) is 73.5 cm³/mol. The third kappa shape index (κ3) is 7.74. The molecule has 0 radical (unpaired) electrons. The highest BCUT2D eigenvalue weighted by Crippen LogP contribution is 2.12. The van der Waals surface area contributed by atoms with Crippen molar-refractivity contribution < 1.29 is 4.74 Å². The number of rotatable bonds is 10. The van der Waals surface area contributed by atoms with Gasteiger partial charge in [-0.15, -0.1) is 0 Å². The molecule has 1 aliphatic rings. The quantitative estimate of drug-likeness (QED) is 0.595. The van der Waals surface area contributed by atoms with E-state index in [0.29, 0.717) is 6.10 Å². The highest BCUT2D eigenvalue weighted by Gasteiger charge is 2.16. The Kier molecular flexibility index (Phi) is 8.67. The van der Waals surface area contributed by atoms with Crippen molar-refractivity contribution in [1.82, 2.24) is 10.2 Å². The zero-order chi connectivity index (χ0) is 12.3. The highest BCUT2D eigenvalue weighted by atomic mass is 16.5. The smallest absolute Gasteiger partial charge is 0.0702 e. The van der Waals surface area contributed by atoms with Gasteiger partial charge in [0.2, 0.25) is 0 Å². The fraction of sp³-hybridized carbons (Fsp3) is 1.00. The van der Waals surface area contributed by atoms with Crippen LogP contribution >= 0.6 is 0 Å². The summed E-state index contributed by atoms with van der Waals surface area (Å²) < 4.78 is 5.63. The average molecular weight is 242 g/mol. The molecule has 0 amide bonds. The summed E-state index contributed by atoms with van der Waals surface area (Å²) in [6.45, 7) is 7.73. The van der Waals surface area contributed by atoms with E-state index < -0.39 is 0 Å². The molecule has 0 aromatic rings. The van der Waals surface area contributed by atoms with Crippen LogP contribution < -0.4 is 5.32 Å². The summed E-state index contributed by atoms with van der Waals surface area (Å²) >= 11 is 0. The Balaban J connectivity index is 1.84. The van der Waals surface area contributed by atoms with E-state index in [2.05, 4.69) is 24.2 Å². The van der Waals surface area contributed by atoms with Crippen LogP contribution in [0.4, 0.5) is 0 Å². The molecular formula is C14H30N2O. The van der Waals surface area contributed by atoms with Crippen LogP contribution in [0.25, 0.3) is 0 Å². The van der Waals surface area contributed by atoms with Gasteiger partial charge in [0, 0.05) is 26.2 Å². The Morgan fingerprint density at radius 1 is 1.24 bits per heavy atom. The van der Waals surface area contributed by atoms with Gasteiger partial charge in [0.1, 0.15) is 0 Å². The van der Waals surface area contributed by atoms with Gasteiger partial charge in [-0.05, 0) is 32.9 Å². The minimum Gasteiger partial charge on any atom is -0.377 e. The molecular weight excluding hydrogens is 212 g/mol. The monoisotopic (exact) mass is 242 g/mol. The van der Waals surface area contributed by atoms with E-state index in [-0.39, 0.29) is 0 Å². The molecule has 0 bridgehead atoms. The summed E-state index contributed by atoms with van der Waals surface area (Å²) in [4.78, 5) is 2.38. The van der Waals surface area contributed by atoms with Gasteiger partial charge in [0.05, 0.1) is 6.10 Å². The van der Waals surface area contributed by atoms with Gasteiger partial charge in [-0.25, -0.2) is 0 Å². The number of unbranched alkanes of at least 4 members (excludes halogenated alkanes) is 3. The number of likely N-dealkylation sites (N-methyl/N-ethyl adjacent to an activating group) is 1. The summed E-state index contributed by atoms with van der Waals surface area (Å²) in [5, 5.41) is 3.52. The topological polar surface area (TPSA) is 24.5 Å². The van der Waals surface area contributed by atoms with Crippen molar-refractivity contribution in [2.75, 3.05) is 39.8 Å². The van der Waals surface area contributed by atoms with Gasteiger partial charge in [-0.3, -0.25) is 0 Å². The van der Waals surface area contributed by atoms with E-state index in [1.54, 1.807) is 0 Å².